The van der Waals surface area contributed by atoms with Crippen molar-refractivity contribution in [2.75, 3.05) is 5.75 Å². The molecule has 0 saturated carbocycles. The van der Waals surface area contributed by atoms with Gasteiger partial charge in [-0.05, 0) is 31.2 Å². The van der Waals surface area contributed by atoms with Crippen molar-refractivity contribution in [2.24, 2.45) is 4.99 Å². The Morgan fingerprint density at radius 3 is 2.62 bits per heavy atom. The van der Waals surface area contributed by atoms with E-state index < -0.39 is 11.7 Å². The van der Waals surface area contributed by atoms with Gasteiger partial charge in [0.2, 0.25) is 0 Å². The number of hydrogen-bond donors (Lipinski definition) is 2. The zero-order chi connectivity index (χ0) is 18.3. The molecule has 130 valence electrons. The average molecular weight is 355 g/mol. The van der Waals surface area contributed by atoms with Gasteiger partial charge in [-0.25, -0.2) is 4.99 Å². The fourth-order valence-corrected chi connectivity index (χ4v) is 2.66. The molecule has 24 heavy (non-hydrogen) atoms. The first-order valence-electron chi connectivity index (χ1n) is 7.59. The molecule has 0 aliphatic carbocycles. The molecule has 0 aromatic carbocycles. The van der Waals surface area contributed by atoms with E-state index >= 15 is 0 Å². The van der Waals surface area contributed by atoms with Crippen LogP contribution in [0.2, 0.25) is 0 Å². The van der Waals surface area contributed by atoms with Crippen molar-refractivity contribution in [3.63, 3.8) is 0 Å². The van der Waals surface area contributed by atoms with Gasteiger partial charge < -0.3 is 4.98 Å². The first-order chi connectivity index (χ1) is 11.2. The Bertz CT molecular complexity index is 718. The van der Waals surface area contributed by atoms with Crippen LogP contribution in [0, 0.1) is 5.41 Å². The number of amidine groups is 1. The minimum atomic E-state index is -4.43. The number of alkyl halides is 3. The maximum Gasteiger partial charge on any atom is 0.416 e. The van der Waals surface area contributed by atoms with E-state index in [4.69, 9.17) is 5.41 Å². The van der Waals surface area contributed by atoms with Gasteiger partial charge in [0.05, 0.1) is 5.56 Å². The number of nitrogens with one attached hydrogen (secondary N) is 2. The van der Waals surface area contributed by atoms with Crippen molar-refractivity contribution in [1.29, 1.82) is 5.41 Å². The quantitative estimate of drug-likeness (QED) is 0.358. The van der Waals surface area contributed by atoms with E-state index in [9.17, 15) is 13.2 Å². The molecule has 0 bridgehead atoms. The Labute approximate surface area is 145 Å². The number of hydrogen-bond acceptors (Lipinski definition) is 2. The normalized spacial score (nSPS) is 14.6. The molecule has 1 aromatic heterocycles. The molecule has 8 heteroatoms. The standard InChI is InChI=1S/C16H21BF3N3S/c1-4-12(17)9-13(24-5-2)10(3)15(21)23-14-8-11(6-7-22-14)16(18,19)20/h6-9H,4-5,17H2,1-3H3,(H2,21,22,23)/b12-9+,13-10-. The van der Waals surface area contributed by atoms with Crippen molar-refractivity contribution < 1.29 is 13.2 Å². The van der Waals surface area contributed by atoms with Gasteiger partial charge in [-0.1, -0.05) is 19.9 Å². The third-order valence-electron chi connectivity index (χ3n) is 3.31. The van der Waals surface area contributed by atoms with Crippen LogP contribution in [0.4, 0.5) is 13.2 Å². The number of aromatic nitrogens is 1. The number of rotatable bonds is 5. The highest BCUT2D eigenvalue weighted by Crippen LogP contribution is 2.27. The van der Waals surface area contributed by atoms with Gasteiger partial charge in [0.1, 0.15) is 13.3 Å². The molecule has 0 unspecified atom stereocenters. The van der Waals surface area contributed by atoms with Crippen LogP contribution in [-0.2, 0) is 6.18 Å². The number of H-pyrrole nitrogens is 1. The van der Waals surface area contributed by atoms with Crippen LogP contribution < -0.4 is 5.49 Å². The number of halogens is 3. The van der Waals surface area contributed by atoms with Crippen molar-refractivity contribution in [3.8, 4) is 0 Å². The predicted molar refractivity (Wildman–Crippen MR) is 96.8 cm³/mol. The summed E-state index contributed by atoms with van der Waals surface area (Å²) < 4.78 is 38.2. The molecule has 0 aliphatic heterocycles. The van der Waals surface area contributed by atoms with Gasteiger partial charge in [0.15, 0.2) is 5.84 Å². The summed E-state index contributed by atoms with van der Waals surface area (Å²) in [5.74, 6) is 0.782. The maximum absolute atomic E-state index is 12.7. The zero-order valence-corrected chi connectivity index (χ0v) is 15.0. The van der Waals surface area contributed by atoms with E-state index in [2.05, 4.69) is 9.98 Å². The second-order valence-electron chi connectivity index (χ2n) is 5.19. The Kier molecular flexibility index (Phi) is 7.60. The van der Waals surface area contributed by atoms with E-state index in [1.54, 1.807) is 18.7 Å². The Hall–Kier alpha value is -1.70. The molecular weight excluding hydrogens is 334 g/mol. The van der Waals surface area contributed by atoms with Gasteiger partial charge in [-0.3, -0.25) is 5.41 Å². The van der Waals surface area contributed by atoms with E-state index in [1.807, 2.05) is 27.8 Å². The number of thioether (sulfide) groups is 1. The molecule has 0 aliphatic rings. The predicted octanol–water partition coefficient (Wildman–Crippen LogP) is 3.87. The largest absolute Gasteiger partial charge is 0.416 e. The lowest BCUT2D eigenvalue weighted by molar-refractivity contribution is -0.137. The molecule has 1 heterocycles. The maximum atomic E-state index is 12.7. The molecule has 1 aromatic rings. The van der Waals surface area contributed by atoms with E-state index in [0.29, 0.717) is 5.57 Å². The lowest BCUT2D eigenvalue weighted by atomic mass is 9.92. The third-order valence-corrected chi connectivity index (χ3v) is 4.33. The number of aromatic amines is 1. The molecule has 1 rings (SSSR count). The topological polar surface area (TPSA) is 52.0 Å². The Morgan fingerprint density at radius 2 is 2.08 bits per heavy atom. The SMILES string of the molecule is B/C(=C/C(SCC)=C(\C)C(=N)/N=c1/cc(C(F)(F)F)cc[nH]1)CC. The Morgan fingerprint density at radius 1 is 1.42 bits per heavy atom. The highest BCUT2D eigenvalue weighted by Gasteiger charge is 2.30. The lowest BCUT2D eigenvalue weighted by Crippen LogP contribution is -2.15. The van der Waals surface area contributed by atoms with Crippen molar-refractivity contribution in [1.82, 2.24) is 4.98 Å². The monoisotopic (exact) mass is 355 g/mol. The smallest absolute Gasteiger partial charge is 0.347 e. The fourth-order valence-electron chi connectivity index (χ4n) is 1.76. The molecular formula is C16H21BF3N3S. The summed E-state index contributed by atoms with van der Waals surface area (Å²) >= 11 is 1.59. The van der Waals surface area contributed by atoms with E-state index in [1.165, 1.54) is 11.7 Å². The van der Waals surface area contributed by atoms with Gasteiger partial charge in [-0.2, -0.15) is 13.2 Å². The summed E-state index contributed by atoms with van der Waals surface area (Å²) in [7, 11) is 2.00. The van der Waals surface area contributed by atoms with Crippen molar-refractivity contribution in [3.05, 3.63) is 51.4 Å². The van der Waals surface area contributed by atoms with Crippen LogP contribution >= 0.6 is 11.8 Å². The van der Waals surface area contributed by atoms with Crippen LogP contribution in [0.5, 0.6) is 0 Å². The average Bonchev–Trinajstić information content (AvgIpc) is 2.53. The summed E-state index contributed by atoms with van der Waals surface area (Å²) in [4.78, 5) is 7.55. The summed E-state index contributed by atoms with van der Waals surface area (Å²) in [6.07, 6.45) is -0.357. The first-order valence-corrected chi connectivity index (χ1v) is 8.58. The molecule has 0 atom stereocenters. The molecule has 0 saturated heterocycles. The molecule has 0 radical (unpaired) electrons. The van der Waals surface area contributed by atoms with E-state index in [-0.39, 0.29) is 11.3 Å². The number of nitrogens with zero attached hydrogens (tertiary/aromatic N) is 1. The third kappa shape index (κ3) is 6.07. The molecule has 0 amide bonds. The molecule has 2 N–H and O–H groups in total. The van der Waals surface area contributed by atoms with Crippen LogP contribution in [0.3, 0.4) is 0 Å². The van der Waals surface area contributed by atoms with Gasteiger partial charge >= 0.3 is 6.18 Å². The van der Waals surface area contributed by atoms with Gasteiger partial charge in [-0.15, -0.1) is 17.2 Å². The van der Waals surface area contributed by atoms with Gasteiger partial charge in [0, 0.05) is 16.7 Å². The van der Waals surface area contributed by atoms with Crippen LogP contribution in [0.15, 0.2) is 45.3 Å². The minimum Gasteiger partial charge on any atom is -0.347 e. The zero-order valence-electron chi connectivity index (χ0n) is 14.2. The fraction of sp³-hybridized carbons (Fsp3) is 0.375. The summed E-state index contributed by atoms with van der Waals surface area (Å²) in [5, 5.41) is 8.10. The lowest BCUT2D eigenvalue weighted by Gasteiger charge is -2.08. The Balaban J connectivity index is 3.27. The van der Waals surface area contributed by atoms with Crippen molar-refractivity contribution >= 4 is 25.4 Å². The van der Waals surface area contributed by atoms with Crippen LogP contribution in [0.1, 0.15) is 32.8 Å². The van der Waals surface area contributed by atoms with Crippen LogP contribution in [-0.4, -0.2) is 24.4 Å². The molecule has 3 nitrogen and oxygen atoms in total. The second kappa shape index (κ2) is 8.96. The molecule has 0 spiro atoms. The van der Waals surface area contributed by atoms with Crippen molar-refractivity contribution in [2.45, 2.75) is 33.4 Å². The minimum absolute atomic E-state index is 0.00576. The summed E-state index contributed by atoms with van der Waals surface area (Å²) in [6, 6.07) is 1.85. The summed E-state index contributed by atoms with van der Waals surface area (Å²) in [5.41, 5.74) is 1.02. The highest BCUT2D eigenvalue weighted by molar-refractivity contribution is 8.03. The second-order valence-corrected chi connectivity index (χ2v) is 6.49. The highest BCUT2D eigenvalue weighted by atomic mass is 32.2. The molecule has 0 fully saturated rings. The first kappa shape index (κ1) is 20.3. The van der Waals surface area contributed by atoms with Gasteiger partial charge in [0.25, 0.3) is 0 Å². The summed E-state index contributed by atoms with van der Waals surface area (Å²) in [6.45, 7) is 5.81. The number of allylic oxidation sites excluding steroid dienone is 2. The number of pyridine rings is 1. The van der Waals surface area contributed by atoms with E-state index in [0.717, 1.165) is 29.2 Å². The van der Waals surface area contributed by atoms with Crippen LogP contribution in [0.25, 0.3) is 0 Å².